The van der Waals surface area contributed by atoms with Gasteiger partial charge in [-0.3, -0.25) is 0 Å². The van der Waals surface area contributed by atoms with Crippen LogP contribution in [0.2, 0.25) is 0 Å². The minimum atomic E-state index is -1.29. The van der Waals surface area contributed by atoms with Gasteiger partial charge in [0.25, 0.3) is 0 Å². The minimum absolute atomic E-state index is 0.253. The fourth-order valence-electron chi connectivity index (χ4n) is 2.74. The van der Waals surface area contributed by atoms with E-state index in [1.807, 2.05) is 0 Å². The number of carboxylic acids is 1. The van der Waals surface area contributed by atoms with E-state index in [9.17, 15) is 9.90 Å². The fourth-order valence-corrected chi connectivity index (χ4v) is 2.74. The zero-order valence-corrected chi connectivity index (χ0v) is 8.19. The number of aliphatic carboxylic acids is 1. The van der Waals surface area contributed by atoms with Crippen LogP contribution in [0, 0.1) is 5.41 Å². The highest BCUT2D eigenvalue weighted by Gasteiger charge is 2.65. The lowest BCUT2D eigenvalue weighted by Crippen LogP contribution is -2.54. The lowest BCUT2D eigenvalue weighted by atomic mass is 9.69. The summed E-state index contributed by atoms with van der Waals surface area (Å²) in [5.41, 5.74) is 5.12. The third-order valence-electron chi connectivity index (χ3n) is 3.93. The Morgan fingerprint density at radius 2 is 2.27 bits per heavy atom. The molecule has 15 heavy (non-hydrogen) atoms. The van der Waals surface area contributed by atoms with Gasteiger partial charge in [-0.2, -0.15) is 0 Å². The third-order valence-corrected chi connectivity index (χ3v) is 3.93. The predicted molar refractivity (Wildman–Crippen MR) is 50.0 cm³/mol. The lowest BCUT2D eigenvalue weighted by Gasteiger charge is -2.36. The molecule has 2 aliphatic rings. The van der Waals surface area contributed by atoms with Crippen molar-refractivity contribution in [2.24, 2.45) is 11.1 Å². The Morgan fingerprint density at radius 1 is 1.53 bits per heavy atom. The first-order valence-corrected chi connectivity index (χ1v) is 5.06. The number of nitrogens with zero attached hydrogens (tertiary/aromatic N) is 1. The number of aryl methyl sites for hydroxylation is 1. The molecule has 1 atom stereocenters. The van der Waals surface area contributed by atoms with Gasteiger partial charge in [0.15, 0.2) is 5.54 Å². The summed E-state index contributed by atoms with van der Waals surface area (Å²) in [5, 5.41) is 13.0. The molecule has 0 bridgehead atoms. The Balaban J connectivity index is 2.21. The quantitative estimate of drug-likeness (QED) is 0.706. The van der Waals surface area contributed by atoms with Crippen molar-refractivity contribution < 1.29 is 14.4 Å². The summed E-state index contributed by atoms with van der Waals surface area (Å²) >= 11 is 0. The van der Waals surface area contributed by atoms with Crippen molar-refractivity contribution >= 4 is 5.97 Å². The predicted octanol–water partition coefficient (Wildman–Crippen LogP) is 0.640. The van der Waals surface area contributed by atoms with E-state index < -0.39 is 11.5 Å². The molecule has 0 radical (unpaired) electrons. The fraction of sp³-hybridized carbons (Fsp3) is 0.600. The van der Waals surface area contributed by atoms with Crippen molar-refractivity contribution in [3.8, 4) is 0 Å². The Morgan fingerprint density at radius 3 is 2.87 bits per heavy atom. The molecular weight excluding hydrogens is 196 g/mol. The molecule has 2 aliphatic carbocycles. The van der Waals surface area contributed by atoms with Gasteiger partial charge in [-0.05, 0) is 19.3 Å². The second-order valence-electron chi connectivity index (χ2n) is 4.56. The highest BCUT2D eigenvalue weighted by atomic mass is 16.5. The molecule has 0 saturated heterocycles. The molecule has 0 aliphatic heterocycles. The van der Waals surface area contributed by atoms with E-state index in [0.29, 0.717) is 11.3 Å². The molecule has 0 amide bonds. The van der Waals surface area contributed by atoms with Gasteiger partial charge in [-0.25, -0.2) is 4.79 Å². The van der Waals surface area contributed by atoms with Gasteiger partial charge in [-0.1, -0.05) is 5.16 Å². The van der Waals surface area contributed by atoms with Crippen LogP contribution in [0.5, 0.6) is 0 Å². The van der Waals surface area contributed by atoms with E-state index in [2.05, 4.69) is 5.16 Å². The lowest BCUT2D eigenvalue weighted by molar-refractivity contribution is -0.147. The van der Waals surface area contributed by atoms with Crippen LogP contribution in [0.4, 0.5) is 0 Å². The smallest absolute Gasteiger partial charge is 0.329 e. The molecule has 1 fully saturated rings. The number of hydrogen-bond acceptors (Lipinski definition) is 4. The van der Waals surface area contributed by atoms with Gasteiger partial charge in [0.1, 0.15) is 5.76 Å². The van der Waals surface area contributed by atoms with Crippen LogP contribution in [-0.2, 0) is 16.8 Å². The molecule has 1 aromatic rings. The van der Waals surface area contributed by atoms with E-state index in [-0.39, 0.29) is 5.41 Å². The minimum Gasteiger partial charge on any atom is -0.480 e. The van der Waals surface area contributed by atoms with Crippen LogP contribution in [-0.4, -0.2) is 16.2 Å². The Hall–Kier alpha value is -1.36. The largest absolute Gasteiger partial charge is 0.480 e. The summed E-state index contributed by atoms with van der Waals surface area (Å²) in [6, 6.07) is 0. The number of rotatable bonds is 1. The van der Waals surface area contributed by atoms with E-state index in [4.69, 9.17) is 10.3 Å². The van der Waals surface area contributed by atoms with E-state index in [1.54, 1.807) is 0 Å². The molecule has 1 spiro atoms. The van der Waals surface area contributed by atoms with E-state index >= 15 is 0 Å². The average Bonchev–Trinajstić information content (AvgIpc) is 2.82. The van der Waals surface area contributed by atoms with Crippen LogP contribution in [0.3, 0.4) is 0 Å². The van der Waals surface area contributed by atoms with Crippen LogP contribution in [0.1, 0.15) is 30.6 Å². The van der Waals surface area contributed by atoms with Gasteiger partial charge >= 0.3 is 5.97 Å². The molecule has 0 aromatic carbocycles. The zero-order chi connectivity index (χ0) is 10.7. The van der Waals surface area contributed by atoms with Crippen molar-refractivity contribution in [2.45, 2.75) is 31.2 Å². The summed E-state index contributed by atoms with van der Waals surface area (Å²) in [4.78, 5) is 11.4. The van der Waals surface area contributed by atoms with Crippen molar-refractivity contribution in [3.05, 3.63) is 17.5 Å². The number of fused-ring (bicyclic) bond motifs is 1. The van der Waals surface area contributed by atoms with Crippen LogP contribution >= 0.6 is 0 Å². The zero-order valence-electron chi connectivity index (χ0n) is 8.19. The van der Waals surface area contributed by atoms with Crippen molar-refractivity contribution in [3.63, 3.8) is 0 Å². The highest BCUT2D eigenvalue weighted by molar-refractivity contribution is 5.83. The standard InChI is InChI=1S/C10H12N2O3/c11-10(8(13)14)6-5-12-15-7(6)1-2-9(10)3-4-9/h5H,1-4,11H2,(H,13,14). The number of nitrogens with two attached hydrogens (primary N) is 1. The van der Waals surface area contributed by atoms with Gasteiger partial charge in [0, 0.05) is 17.4 Å². The summed E-state index contributed by atoms with van der Waals surface area (Å²) in [6.45, 7) is 0. The summed E-state index contributed by atoms with van der Waals surface area (Å²) in [5.74, 6) is -0.332. The second-order valence-corrected chi connectivity index (χ2v) is 4.56. The summed E-state index contributed by atoms with van der Waals surface area (Å²) in [6.07, 6.45) is 4.78. The maximum Gasteiger partial charge on any atom is 0.329 e. The van der Waals surface area contributed by atoms with Crippen LogP contribution in [0.15, 0.2) is 10.7 Å². The molecule has 1 unspecified atom stereocenters. The van der Waals surface area contributed by atoms with Crippen molar-refractivity contribution in [1.82, 2.24) is 5.16 Å². The van der Waals surface area contributed by atoms with Gasteiger partial charge in [0.05, 0.1) is 6.20 Å². The van der Waals surface area contributed by atoms with E-state index in [0.717, 1.165) is 25.7 Å². The van der Waals surface area contributed by atoms with Gasteiger partial charge < -0.3 is 15.4 Å². The molecule has 3 rings (SSSR count). The van der Waals surface area contributed by atoms with Crippen molar-refractivity contribution in [2.75, 3.05) is 0 Å². The molecular formula is C10H12N2O3. The first-order chi connectivity index (χ1) is 7.10. The summed E-state index contributed by atoms with van der Waals surface area (Å²) in [7, 11) is 0. The number of carbonyl (C=O) groups is 1. The normalized spacial score (nSPS) is 31.3. The monoisotopic (exact) mass is 208 g/mol. The van der Waals surface area contributed by atoms with Crippen LogP contribution in [0.25, 0.3) is 0 Å². The molecule has 5 heteroatoms. The van der Waals surface area contributed by atoms with E-state index in [1.165, 1.54) is 6.20 Å². The number of hydrogen-bond donors (Lipinski definition) is 2. The molecule has 1 heterocycles. The molecule has 1 aromatic heterocycles. The molecule has 5 nitrogen and oxygen atoms in total. The van der Waals surface area contributed by atoms with Gasteiger partial charge in [0.2, 0.25) is 0 Å². The molecule has 80 valence electrons. The van der Waals surface area contributed by atoms with Crippen molar-refractivity contribution in [1.29, 1.82) is 0 Å². The second kappa shape index (κ2) is 2.41. The topological polar surface area (TPSA) is 89.4 Å². The van der Waals surface area contributed by atoms with Crippen LogP contribution < -0.4 is 5.73 Å². The Bertz CT molecular complexity index is 436. The maximum absolute atomic E-state index is 11.4. The first kappa shape index (κ1) is 8.91. The molecule has 3 N–H and O–H groups in total. The average molecular weight is 208 g/mol. The number of aromatic nitrogens is 1. The maximum atomic E-state index is 11.4. The number of carboxylic acid groups (broad SMARTS) is 1. The highest BCUT2D eigenvalue weighted by Crippen LogP contribution is 2.62. The third kappa shape index (κ3) is 0.866. The Kier molecular flexibility index (Phi) is 1.43. The van der Waals surface area contributed by atoms with Gasteiger partial charge in [-0.15, -0.1) is 0 Å². The molecule has 1 saturated carbocycles. The SMILES string of the molecule is NC1(C(=O)O)c2cnoc2CCC12CC2. The first-order valence-electron chi connectivity index (χ1n) is 5.06. The Labute approximate surface area is 86.2 Å². The summed E-state index contributed by atoms with van der Waals surface area (Å²) < 4.78 is 5.03.